The van der Waals surface area contributed by atoms with Crippen LogP contribution in [0.5, 0.6) is 11.5 Å². The molecule has 0 N–H and O–H groups in total. The number of hydrogen-bond acceptors (Lipinski definition) is 4. The lowest BCUT2D eigenvalue weighted by atomic mass is 10.1. The highest BCUT2D eigenvalue weighted by Gasteiger charge is 2.17. The molecule has 0 spiro atoms. The number of benzene rings is 3. The van der Waals surface area contributed by atoms with E-state index in [9.17, 15) is 9.59 Å². The molecule has 0 bridgehead atoms. The number of allylic oxidation sites excluding steroid dienone is 1. The van der Waals surface area contributed by atoms with Gasteiger partial charge < -0.3 is 4.74 Å². The fraction of sp³-hybridized carbons (Fsp3) is 0.0357. The van der Waals surface area contributed by atoms with E-state index in [4.69, 9.17) is 27.9 Å². The highest BCUT2D eigenvalue weighted by atomic mass is 35.5. The van der Waals surface area contributed by atoms with Crippen LogP contribution in [0.1, 0.15) is 5.56 Å². The summed E-state index contributed by atoms with van der Waals surface area (Å²) in [6.45, 7) is 3.53. The third-order valence-corrected chi connectivity index (χ3v) is 6.38. The first-order valence-corrected chi connectivity index (χ1v) is 11.8. The Morgan fingerprint density at radius 2 is 1.64 bits per heavy atom. The average molecular weight is 516 g/mol. The topological polar surface area (TPSA) is 66.1 Å². The normalized spacial score (nSPS) is 10.9. The largest absolute Gasteiger partial charge is 0.457 e. The zero-order valence-electron chi connectivity index (χ0n) is 18.9. The number of fused-ring (bicyclic) bond motifs is 1. The molecule has 178 valence electrons. The van der Waals surface area contributed by atoms with Gasteiger partial charge in [-0.3, -0.25) is 18.9 Å². The number of ether oxygens (including phenoxy) is 1. The van der Waals surface area contributed by atoms with Gasteiger partial charge in [0.15, 0.2) is 5.78 Å². The summed E-state index contributed by atoms with van der Waals surface area (Å²) in [5.41, 5.74) is 3.18. The number of hydrogen-bond donors (Lipinski definition) is 0. The van der Waals surface area contributed by atoms with E-state index in [0.717, 1.165) is 5.56 Å². The molecule has 6 nitrogen and oxygen atoms in total. The minimum Gasteiger partial charge on any atom is -0.457 e. The molecule has 0 atom stereocenters. The zero-order valence-corrected chi connectivity index (χ0v) is 20.4. The van der Waals surface area contributed by atoms with Gasteiger partial charge in [0.1, 0.15) is 11.5 Å². The maximum Gasteiger partial charge on any atom is 0.338 e. The third-order valence-electron chi connectivity index (χ3n) is 5.64. The van der Waals surface area contributed by atoms with Crippen molar-refractivity contribution in [3.05, 3.63) is 124 Å². The molecule has 0 aliphatic heterocycles. The van der Waals surface area contributed by atoms with Crippen molar-refractivity contribution in [3.63, 3.8) is 0 Å². The first-order valence-electron chi connectivity index (χ1n) is 11.0. The number of aromatic nitrogens is 3. The standard InChI is InChI=1S/C28H19Cl2N3O3/c1-2-21(34)15-18-4-3-5-20(14-18)33-26-12-13-31-17-27(26)32(28(33)35)19-6-8-22(9-7-19)36-23-10-11-24(29)25(30)16-23/h2-14,16-17H,1,15H2. The Morgan fingerprint density at radius 3 is 2.39 bits per heavy atom. The Balaban J connectivity index is 1.54. The molecule has 0 unspecified atom stereocenters. The molecule has 0 saturated carbocycles. The van der Waals surface area contributed by atoms with E-state index in [0.29, 0.717) is 44.0 Å². The highest BCUT2D eigenvalue weighted by Crippen LogP contribution is 2.30. The van der Waals surface area contributed by atoms with Crippen LogP contribution in [0.25, 0.3) is 22.4 Å². The third kappa shape index (κ3) is 4.56. The molecule has 0 fully saturated rings. The van der Waals surface area contributed by atoms with E-state index in [-0.39, 0.29) is 17.9 Å². The number of imidazole rings is 1. The summed E-state index contributed by atoms with van der Waals surface area (Å²) in [6, 6.07) is 21.3. The van der Waals surface area contributed by atoms with Gasteiger partial charge in [-0.05, 0) is 66.2 Å². The summed E-state index contributed by atoms with van der Waals surface area (Å²) in [7, 11) is 0. The molecule has 3 aromatic carbocycles. The Hall–Kier alpha value is -4.13. The van der Waals surface area contributed by atoms with Crippen molar-refractivity contribution in [2.45, 2.75) is 6.42 Å². The van der Waals surface area contributed by atoms with Crippen molar-refractivity contribution in [1.29, 1.82) is 0 Å². The molecule has 8 heteroatoms. The second-order valence-corrected chi connectivity index (χ2v) is 8.82. The molecule has 5 rings (SSSR count). The van der Waals surface area contributed by atoms with Crippen LogP contribution in [-0.4, -0.2) is 19.9 Å². The van der Waals surface area contributed by atoms with E-state index in [1.54, 1.807) is 70.1 Å². The van der Waals surface area contributed by atoms with Crippen molar-refractivity contribution in [3.8, 4) is 22.9 Å². The molecule has 36 heavy (non-hydrogen) atoms. The number of carbonyl (C=O) groups is 1. The Morgan fingerprint density at radius 1 is 0.889 bits per heavy atom. The van der Waals surface area contributed by atoms with Crippen LogP contribution in [0.3, 0.4) is 0 Å². The predicted octanol–water partition coefficient (Wildman–Crippen LogP) is 6.57. The van der Waals surface area contributed by atoms with Gasteiger partial charge in [0.2, 0.25) is 0 Å². The van der Waals surface area contributed by atoms with Crippen LogP contribution < -0.4 is 10.4 Å². The van der Waals surface area contributed by atoms with Crippen LogP contribution in [0.2, 0.25) is 10.0 Å². The molecule has 5 aromatic rings. The lowest BCUT2D eigenvalue weighted by Gasteiger charge is -2.08. The van der Waals surface area contributed by atoms with Gasteiger partial charge >= 0.3 is 5.69 Å². The van der Waals surface area contributed by atoms with Crippen LogP contribution in [0, 0.1) is 0 Å². The van der Waals surface area contributed by atoms with E-state index in [1.165, 1.54) is 6.08 Å². The van der Waals surface area contributed by atoms with Crippen LogP contribution in [0.4, 0.5) is 0 Å². The lowest BCUT2D eigenvalue weighted by molar-refractivity contribution is -0.114. The van der Waals surface area contributed by atoms with Crippen LogP contribution >= 0.6 is 23.2 Å². The maximum absolute atomic E-state index is 13.7. The van der Waals surface area contributed by atoms with Crippen molar-refractivity contribution in [2.75, 3.05) is 0 Å². The molecular formula is C28H19Cl2N3O3. The van der Waals surface area contributed by atoms with Crippen molar-refractivity contribution in [2.24, 2.45) is 0 Å². The van der Waals surface area contributed by atoms with Crippen molar-refractivity contribution in [1.82, 2.24) is 14.1 Å². The van der Waals surface area contributed by atoms with E-state index in [1.807, 2.05) is 24.3 Å². The Labute approximate surface area is 216 Å². The fourth-order valence-corrected chi connectivity index (χ4v) is 4.25. The summed E-state index contributed by atoms with van der Waals surface area (Å²) in [6.07, 6.45) is 4.80. The Kier molecular flexibility index (Phi) is 6.46. The van der Waals surface area contributed by atoms with Crippen LogP contribution in [-0.2, 0) is 11.2 Å². The zero-order chi connectivity index (χ0) is 25.2. The molecule has 0 aliphatic carbocycles. The predicted molar refractivity (Wildman–Crippen MR) is 142 cm³/mol. The number of carbonyl (C=O) groups excluding carboxylic acids is 1. The SMILES string of the molecule is C=CC(=O)Cc1cccc(-n2c(=O)n(-c3ccc(Oc4ccc(Cl)c(Cl)c4)cc3)c3cnccc32)c1. The minimum atomic E-state index is -0.261. The number of nitrogens with zero attached hydrogens (tertiary/aromatic N) is 3. The van der Waals surface area contributed by atoms with Gasteiger partial charge in [0, 0.05) is 18.7 Å². The summed E-state index contributed by atoms with van der Waals surface area (Å²) in [5.74, 6) is 1.03. The van der Waals surface area contributed by atoms with Crippen LogP contribution in [0.15, 0.2) is 103 Å². The van der Waals surface area contributed by atoms with Gasteiger partial charge in [0.05, 0.1) is 38.7 Å². The van der Waals surface area contributed by atoms with Gasteiger partial charge in [-0.2, -0.15) is 0 Å². The number of ketones is 1. The van der Waals surface area contributed by atoms with Gasteiger partial charge in [0.25, 0.3) is 0 Å². The lowest BCUT2D eigenvalue weighted by Crippen LogP contribution is -2.22. The maximum atomic E-state index is 13.7. The second-order valence-electron chi connectivity index (χ2n) is 8.01. The highest BCUT2D eigenvalue weighted by molar-refractivity contribution is 6.42. The van der Waals surface area contributed by atoms with Crippen molar-refractivity contribution < 1.29 is 9.53 Å². The van der Waals surface area contributed by atoms with Gasteiger partial charge in [-0.1, -0.05) is 41.9 Å². The molecule has 0 amide bonds. The summed E-state index contributed by atoms with van der Waals surface area (Å²) < 4.78 is 9.07. The number of halogens is 2. The smallest absolute Gasteiger partial charge is 0.338 e. The Bertz CT molecular complexity index is 1670. The molecule has 2 heterocycles. The number of rotatable bonds is 7. The molecule has 0 aliphatic rings. The molecule has 0 saturated heterocycles. The van der Waals surface area contributed by atoms with Gasteiger partial charge in [-0.15, -0.1) is 0 Å². The quantitative estimate of drug-likeness (QED) is 0.230. The summed E-state index contributed by atoms with van der Waals surface area (Å²) >= 11 is 12.0. The van der Waals surface area contributed by atoms with Gasteiger partial charge in [-0.25, -0.2) is 4.79 Å². The monoisotopic (exact) mass is 515 g/mol. The van der Waals surface area contributed by atoms with E-state index < -0.39 is 0 Å². The summed E-state index contributed by atoms with van der Waals surface area (Å²) in [5, 5.41) is 0.845. The molecular weight excluding hydrogens is 497 g/mol. The molecule has 0 radical (unpaired) electrons. The fourth-order valence-electron chi connectivity index (χ4n) is 3.96. The summed E-state index contributed by atoms with van der Waals surface area (Å²) in [4.78, 5) is 29.8. The molecule has 2 aromatic heterocycles. The average Bonchev–Trinajstić information content (AvgIpc) is 3.18. The van der Waals surface area contributed by atoms with E-state index >= 15 is 0 Å². The first kappa shape index (κ1) is 23.6. The van der Waals surface area contributed by atoms with Crippen molar-refractivity contribution >= 4 is 40.0 Å². The minimum absolute atomic E-state index is 0.0886. The second kappa shape index (κ2) is 9.85. The number of pyridine rings is 1. The van der Waals surface area contributed by atoms with E-state index in [2.05, 4.69) is 11.6 Å². The first-order chi connectivity index (χ1) is 17.4.